The highest BCUT2D eigenvalue weighted by atomic mass is 35.5. The molecule has 0 saturated carbocycles. The fraction of sp³-hybridized carbons (Fsp3) is 0.263. The molecule has 0 aliphatic carbocycles. The molecule has 0 heterocycles. The molecule has 1 unspecified atom stereocenters. The Hall–Kier alpha value is -2.53. The summed E-state index contributed by atoms with van der Waals surface area (Å²) in [5, 5.41) is 3.15. The molecule has 0 fully saturated rings. The summed E-state index contributed by atoms with van der Waals surface area (Å²) >= 11 is 6.01. The number of carbonyl (C=O) groups excluding carboxylic acids is 2. The van der Waals surface area contributed by atoms with Gasteiger partial charge in [0.05, 0.1) is 0 Å². The fourth-order valence-corrected chi connectivity index (χ4v) is 2.58. The molecule has 2 amide bonds. The topological polar surface area (TPSA) is 58.6 Å². The van der Waals surface area contributed by atoms with Crippen molar-refractivity contribution in [1.82, 2.24) is 10.2 Å². The summed E-state index contributed by atoms with van der Waals surface area (Å²) in [5.41, 5.74) is 0.844. The molecule has 0 bridgehead atoms. The van der Waals surface area contributed by atoms with Gasteiger partial charge in [0, 0.05) is 18.6 Å². The Balaban J connectivity index is 2.12. The highest BCUT2D eigenvalue weighted by Crippen LogP contribution is 2.15. The van der Waals surface area contributed by atoms with Crippen LogP contribution >= 0.6 is 11.6 Å². The molecule has 2 rings (SSSR count). The lowest BCUT2D eigenvalue weighted by Gasteiger charge is -2.28. The Morgan fingerprint density at radius 2 is 1.88 bits per heavy atom. The van der Waals surface area contributed by atoms with Crippen LogP contribution in [0.25, 0.3) is 0 Å². The van der Waals surface area contributed by atoms with Crippen LogP contribution in [0.2, 0.25) is 5.02 Å². The van der Waals surface area contributed by atoms with E-state index in [9.17, 15) is 9.59 Å². The summed E-state index contributed by atoms with van der Waals surface area (Å²) in [6.45, 7) is 1.81. The maximum absolute atomic E-state index is 12.7. The van der Waals surface area contributed by atoms with Crippen LogP contribution in [0.3, 0.4) is 0 Å². The third kappa shape index (κ3) is 5.50. The lowest BCUT2D eigenvalue weighted by molar-refractivity contribution is -0.142. The van der Waals surface area contributed by atoms with Crippen LogP contribution in [-0.2, 0) is 16.1 Å². The molecule has 2 aromatic rings. The smallest absolute Gasteiger partial charge is 0.261 e. The van der Waals surface area contributed by atoms with Gasteiger partial charge in [0.1, 0.15) is 11.8 Å². The van der Waals surface area contributed by atoms with Crippen molar-refractivity contribution in [2.45, 2.75) is 19.5 Å². The second kappa shape index (κ2) is 9.08. The molecule has 132 valence electrons. The van der Waals surface area contributed by atoms with E-state index in [0.717, 1.165) is 5.56 Å². The molecule has 5 nitrogen and oxygen atoms in total. The zero-order chi connectivity index (χ0) is 18.2. The molecular formula is C19H21ClN2O3. The second-order valence-corrected chi connectivity index (χ2v) is 5.98. The van der Waals surface area contributed by atoms with Gasteiger partial charge in [-0.2, -0.15) is 0 Å². The minimum absolute atomic E-state index is 0.147. The van der Waals surface area contributed by atoms with Crippen LogP contribution in [-0.4, -0.2) is 36.4 Å². The Morgan fingerprint density at radius 1 is 1.16 bits per heavy atom. The lowest BCUT2D eigenvalue weighted by Crippen LogP contribution is -2.48. The van der Waals surface area contributed by atoms with Crippen LogP contribution in [0, 0.1) is 0 Å². The molecule has 0 aliphatic rings. The molecule has 25 heavy (non-hydrogen) atoms. The van der Waals surface area contributed by atoms with Crippen molar-refractivity contribution in [1.29, 1.82) is 0 Å². The number of benzene rings is 2. The standard InChI is InChI=1S/C19H21ClN2O3/c1-14(19(24)21-2)22(12-15-7-6-8-16(20)11-15)18(23)13-25-17-9-4-3-5-10-17/h3-11,14H,12-13H2,1-2H3,(H,21,24). The summed E-state index contributed by atoms with van der Waals surface area (Å²) in [4.78, 5) is 26.2. The van der Waals surface area contributed by atoms with Gasteiger partial charge in [0.25, 0.3) is 5.91 Å². The average Bonchev–Trinajstić information content (AvgIpc) is 2.64. The second-order valence-electron chi connectivity index (χ2n) is 5.54. The van der Waals surface area contributed by atoms with Crippen molar-refractivity contribution in [3.8, 4) is 5.75 Å². The Bertz CT molecular complexity index is 722. The van der Waals surface area contributed by atoms with Crippen LogP contribution < -0.4 is 10.1 Å². The van der Waals surface area contributed by atoms with Crippen LogP contribution in [0.4, 0.5) is 0 Å². The molecular weight excluding hydrogens is 340 g/mol. The lowest BCUT2D eigenvalue weighted by atomic mass is 10.1. The van der Waals surface area contributed by atoms with E-state index in [2.05, 4.69) is 5.32 Å². The van der Waals surface area contributed by atoms with Gasteiger partial charge in [-0.15, -0.1) is 0 Å². The number of likely N-dealkylation sites (N-methyl/N-ethyl adjacent to an activating group) is 1. The predicted octanol–water partition coefficient (Wildman–Crippen LogP) is 2.88. The molecule has 1 N–H and O–H groups in total. The maximum Gasteiger partial charge on any atom is 0.261 e. The third-order valence-electron chi connectivity index (χ3n) is 3.76. The SMILES string of the molecule is CNC(=O)C(C)N(Cc1cccc(Cl)c1)C(=O)COc1ccccc1. The first kappa shape index (κ1) is 18.8. The van der Waals surface area contributed by atoms with Crippen molar-refractivity contribution in [2.24, 2.45) is 0 Å². The normalized spacial score (nSPS) is 11.5. The van der Waals surface area contributed by atoms with E-state index < -0.39 is 6.04 Å². The number of nitrogens with zero attached hydrogens (tertiary/aromatic N) is 1. The van der Waals surface area contributed by atoms with Crippen molar-refractivity contribution < 1.29 is 14.3 Å². The number of nitrogens with one attached hydrogen (secondary N) is 1. The first-order valence-electron chi connectivity index (χ1n) is 7.94. The molecule has 0 saturated heterocycles. The highest BCUT2D eigenvalue weighted by Gasteiger charge is 2.25. The minimum Gasteiger partial charge on any atom is -0.484 e. The van der Waals surface area contributed by atoms with E-state index in [4.69, 9.17) is 16.3 Å². The average molecular weight is 361 g/mol. The molecule has 6 heteroatoms. The van der Waals surface area contributed by atoms with Crippen LogP contribution in [0.15, 0.2) is 54.6 Å². The zero-order valence-corrected chi connectivity index (χ0v) is 15.0. The van der Waals surface area contributed by atoms with Gasteiger partial charge in [0.2, 0.25) is 5.91 Å². The van der Waals surface area contributed by atoms with E-state index in [1.807, 2.05) is 30.3 Å². The van der Waals surface area contributed by atoms with E-state index in [1.165, 1.54) is 4.90 Å². The van der Waals surface area contributed by atoms with Crippen molar-refractivity contribution in [3.05, 3.63) is 65.2 Å². The minimum atomic E-state index is -0.629. The monoisotopic (exact) mass is 360 g/mol. The van der Waals surface area contributed by atoms with E-state index in [-0.39, 0.29) is 25.0 Å². The van der Waals surface area contributed by atoms with Crippen molar-refractivity contribution >= 4 is 23.4 Å². The molecule has 1 atom stereocenters. The largest absolute Gasteiger partial charge is 0.484 e. The van der Waals surface area contributed by atoms with Gasteiger partial charge in [-0.25, -0.2) is 0 Å². The third-order valence-corrected chi connectivity index (χ3v) is 4.00. The number of halogens is 1. The van der Waals surface area contributed by atoms with Gasteiger partial charge in [-0.05, 0) is 36.8 Å². The van der Waals surface area contributed by atoms with E-state index >= 15 is 0 Å². The number of para-hydroxylation sites is 1. The summed E-state index contributed by atoms with van der Waals surface area (Å²) in [6.07, 6.45) is 0. The number of hydrogen-bond donors (Lipinski definition) is 1. The zero-order valence-electron chi connectivity index (χ0n) is 14.2. The van der Waals surface area contributed by atoms with Crippen LogP contribution in [0.5, 0.6) is 5.75 Å². The fourth-order valence-electron chi connectivity index (χ4n) is 2.37. The summed E-state index contributed by atoms with van der Waals surface area (Å²) in [7, 11) is 1.54. The van der Waals surface area contributed by atoms with Gasteiger partial charge < -0.3 is 15.0 Å². The molecule has 0 aliphatic heterocycles. The van der Waals surface area contributed by atoms with Gasteiger partial charge in [-0.3, -0.25) is 9.59 Å². The molecule has 0 radical (unpaired) electrons. The Kier molecular flexibility index (Phi) is 6.83. The van der Waals surface area contributed by atoms with Gasteiger partial charge in [0.15, 0.2) is 6.61 Å². The summed E-state index contributed by atoms with van der Waals surface area (Å²) in [5.74, 6) is 0.0844. The summed E-state index contributed by atoms with van der Waals surface area (Å²) < 4.78 is 5.52. The highest BCUT2D eigenvalue weighted by molar-refractivity contribution is 6.30. The van der Waals surface area contributed by atoms with Crippen molar-refractivity contribution in [2.75, 3.05) is 13.7 Å². The van der Waals surface area contributed by atoms with Gasteiger partial charge >= 0.3 is 0 Å². The number of ether oxygens (including phenoxy) is 1. The Morgan fingerprint density at radius 3 is 2.52 bits per heavy atom. The predicted molar refractivity (Wildman–Crippen MR) is 97.5 cm³/mol. The molecule has 0 aromatic heterocycles. The molecule has 0 spiro atoms. The van der Waals surface area contributed by atoms with E-state index in [0.29, 0.717) is 10.8 Å². The number of rotatable bonds is 7. The van der Waals surface area contributed by atoms with Crippen LogP contribution in [0.1, 0.15) is 12.5 Å². The maximum atomic E-state index is 12.7. The first-order chi connectivity index (χ1) is 12.0. The summed E-state index contributed by atoms with van der Waals surface area (Å²) in [6, 6.07) is 15.7. The van der Waals surface area contributed by atoms with Gasteiger partial charge in [-0.1, -0.05) is 41.9 Å². The number of hydrogen-bond acceptors (Lipinski definition) is 3. The molecule has 2 aromatic carbocycles. The number of carbonyl (C=O) groups is 2. The van der Waals surface area contributed by atoms with E-state index in [1.54, 1.807) is 38.2 Å². The first-order valence-corrected chi connectivity index (χ1v) is 8.32. The number of amides is 2. The van der Waals surface area contributed by atoms with Crippen molar-refractivity contribution in [3.63, 3.8) is 0 Å². The Labute approximate surface area is 152 Å². The quantitative estimate of drug-likeness (QED) is 0.826.